The van der Waals surface area contributed by atoms with Crippen LogP contribution in [0.5, 0.6) is 0 Å². The maximum atomic E-state index is 9.35. The lowest BCUT2D eigenvalue weighted by Crippen LogP contribution is -2.04. The summed E-state index contributed by atoms with van der Waals surface area (Å²) in [7, 11) is 0. The second-order valence-electron chi connectivity index (χ2n) is 4.96. The van der Waals surface area contributed by atoms with E-state index in [1.54, 1.807) is 4.68 Å². The molecule has 1 saturated heterocycles. The monoisotopic (exact) mass is 268 g/mol. The van der Waals surface area contributed by atoms with Crippen molar-refractivity contribution in [2.75, 3.05) is 12.3 Å². The Morgan fingerprint density at radius 3 is 2.90 bits per heavy atom. The van der Waals surface area contributed by atoms with Gasteiger partial charge in [0, 0.05) is 6.61 Å². The van der Waals surface area contributed by atoms with Crippen LogP contribution in [0.25, 0.3) is 5.69 Å². The zero-order chi connectivity index (χ0) is 14.1. The summed E-state index contributed by atoms with van der Waals surface area (Å²) in [5.74, 6) is 0.382. The van der Waals surface area contributed by atoms with Crippen molar-refractivity contribution < 1.29 is 4.74 Å². The number of hydrogen-bond donors (Lipinski definition) is 1. The Morgan fingerprint density at radius 2 is 2.25 bits per heavy atom. The van der Waals surface area contributed by atoms with E-state index >= 15 is 0 Å². The molecule has 0 bridgehead atoms. The first kappa shape index (κ1) is 12.7. The highest BCUT2D eigenvalue weighted by Crippen LogP contribution is 2.33. The van der Waals surface area contributed by atoms with E-state index in [9.17, 15) is 5.26 Å². The third-order valence-electron chi connectivity index (χ3n) is 3.64. The minimum absolute atomic E-state index is 0.114. The Morgan fingerprint density at radius 1 is 1.45 bits per heavy atom. The number of anilines is 1. The average Bonchev–Trinajstić information content (AvgIpc) is 3.07. The second kappa shape index (κ2) is 4.99. The summed E-state index contributed by atoms with van der Waals surface area (Å²) >= 11 is 0. The maximum Gasteiger partial charge on any atom is 0.145 e. The lowest BCUT2D eigenvalue weighted by molar-refractivity contribution is 0.108. The summed E-state index contributed by atoms with van der Waals surface area (Å²) in [5, 5.41) is 13.9. The molecule has 2 aromatic rings. The van der Waals surface area contributed by atoms with Crippen LogP contribution in [-0.4, -0.2) is 16.4 Å². The van der Waals surface area contributed by atoms with Gasteiger partial charge in [0.2, 0.25) is 0 Å². The minimum atomic E-state index is -0.114. The summed E-state index contributed by atoms with van der Waals surface area (Å²) in [5.41, 5.74) is 9.15. The maximum absolute atomic E-state index is 9.35. The first-order valence-electron chi connectivity index (χ1n) is 6.68. The van der Waals surface area contributed by atoms with E-state index in [0.29, 0.717) is 23.7 Å². The second-order valence-corrected chi connectivity index (χ2v) is 4.96. The van der Waals surface area contributed by atoms with Crippen LogP contribution in [0.15, 0.2) is 24.3 Å². The van der Waals surface area contributed by atoms with Crippen LogP contribution in [0.1, 0.15) is 35.8 Å². The Kier molecular flexibility index (Phi) is 3.17. The van der Waals surface area contributed by atoms with Crippen LogP contribution in [-0.2, 0) is 4.74 Å². The fourth-order valence-electron chi connectivity index (χ4n) is 2.57. The molecule has 1 aromatic carbocycles. The highest BCUT2D eigenvalue weighted by molar-refractivity contribution is 5.58. The molecule has 0 saturated carbocycles. The van der Waals surface area contributed by atoms with E-state index in [0.717, 1.165) is 24.1 Å². The SMILES string of the molecule is Cc1ccccc1-n1nc([C@H]2CCCO2)c(C#N)c1N. The fourth-order valence-corrected chi connectivity index (χ4v) is 2.57. The number of nitrogens with zero attached hydrogens (tertiary/aromatic N) is 3. The van der Waals surface area contributed by atoms with E-state index in [1.807, 2.05) is 31.2 Å². The van der Waals surface area contributed by atoms with Crippen LogP contribution in [0.3, 0.4) is 0 Å². The van der Waals surface area contributed by atoms with E-state index in [-0.39, 0.29) is 6.10 Å². The number of benzene rings is 1. The number of nitriles is 1. The smallest absolute Gasteiger partial charge is 0.145 e. The van der Waals surface area contributed by atoms with Gasteiger partial charge >= 0.3 is 0 Å². The number of aromatic nitrogens is 2. The van der Waals surface area contributed by atoms with Crippen LogP contribution < -0.4 is 5.73 Å². The summed E-state index contributed by atoms with van der Waals surface area (Å²) in [4.78, 5) is 0. The quantitative estimate of drug-likeness (QED) is 0.907. The molecule has 0 unspecified atom stereocenters. The molecule has 2 N–H and O–H groups in total. The Bertz CT molecular complexity index is 678. The van der Waals surface area contributed by atoms with Gasteiger partial charge in [-0.3, -0.25) is 0 Å². The molecule has 3 rings (SSSR count). The summed E-state index contributed by atoms with van der Waals surface area (Å²) in [6.07, 6.45) is 1.77. The van der Waals surface area contributed by atoms with Gasteiger partial charge in [0.25, 0.3) is 0 Å². The first-order chi connectivity index (χ1) is 9.72. The summed E-state index contributed by atoms with van der Waals surface area (Å²) < 4.78 is 7.28. The number of para-hydroxylation sites is 1. The van der Waals surface area contributed by atoms with Gasteiger partial charge in [0.05, 0.1) is 5.69 Å². The van der Waals surface area contributed by atoms with Gasteiger partial charge in [0.1, 0.15) is 29.2 Å². The number of rotatable bonds is 2. The number of ether oxygens (including phenoxy) is 1. The fraction of sp³-hybridized carbons (Fsp3) is 0.333. The van der Waals surface area contributed by atoms with Crippen LogP contribution >= 0.6 is 0 Å². The Hall–Kier alpha value is -2.32. The third-order valence-corrected chi connectivity index (χ3v) is 3.64. The summed E-state index contributed by atoms with van der Waals surface area (Å²) in [6.45, 7) is 2.71. The molecule has 0 amide bonds. The zero-order valence-electron chi connectivity index (χ0n) is 11.3. The van der Waals surface area contributed by atoms with Gasteiger partial charge in [0.15, 0.2) is 0 Å². The molecule has 1 aromatic heterocycles. The molecule has 1 fully saturated rings. The van der Waals surface area contributed by atoms with Crippen molar-refractivity contribution in [1.82, 2.24) is 9.78 Å². The minimum Gasteiger partial charge on any atom is -0.382 e. The van der Waals surface area contributed by atoms with Crippen molar-refractivity contribution in [2.24, 2.45) is 0 Å². The van der Waals surface area contributed by atoms with Crippen molar-refractivity contribution in [2.45, 2.75) is 25.9 Å². The molecule has 0 radical (unpaired) electrons. The summed E-state index contributed by atoms with van der Waals surface area (Å²) in [6, 6.07) is 9.99. The average molecular weight is 268 g/mol. The van der Waals surface area contributed by atoms with Crippen molar-refractivity contribution in [3.8, 4) is 11.8 Å². The van der Waals surface area contributed by atoms with Crippen molar-refractivity contribution >= 4 is 5.82 Å². The third kappa shape index (κ3) is 1.95. The molecule has 0 spiro atoms. The van der Waals surface area contributed by atoms with E-state index < -0.39 is 0 Å². The lowest BCUT2D eigenvalue weighted by atomic mass is 10.1. The van der Waals surface area contributed by atoms with Crippen LogP contribution in [0.4, 0.5) is 5.82 Å². The lowest BCUT2D eigenvalue weighted by Gasteiger charge is -2.07. The van der Waals surface area contributed by atoms with E-state index in [2.05, 4.69) is 11.2 Å². The number of hydrogen-bond acceptors (Lipinski definition) is 4. The molecule has 5 nitrogen and oxygen atoms in total. The van der Waals surface area contributed by atoms with Crippen molar-refractivity contribution in [3.63, 3.8) is 0 Å². The first-order valence-corrected chi connectivity index (χ1v) is 6.68. The van der Waals surface area contributed by atoms with Gasteiger partial charge in [-0.25, -0.2) is 4.68 Å². The molecule has 1 atom stereocenters. The highest BCUT2D eigenvalue weighted by atomic mass is 16.5. The molecule has 20 heavy (non-hydrogen) atoms. The Balaban J connectivity index is 2.14. The van der Waals surface area contributed by atoms with Gasteiger partial charge in [-0.15, -0.1) is 0 Å². The number of nitrogens with two attached hydrogens (primary N) is 1. The van der Waals surface area contributed by atoms with Gasteiger partial charge in [-0.2, -0.15) is 10.4 Å². The standard InChI is InChI=1S/C15H16N4O/c1-10-5-2-3-6-12(10)19-15(17)11(9-16)14(18-19)13-7-4-8-20-13/h2-3,5-6,13H,4,7-8,17H2,1H3/t13-/m1/s1. The molecule has 102 valence electrons. The molecule has 0 aliphatic carbocycles. The van der Waals surface area contributed by atoms with Gasteiger partial charge in [-0.05, 0) is 31.4 Å². The van der Waals surface area contributed by atoms with Crippen LogP contribution in [0.2, 0.25) is 0 Å². The van der Waals surface area contributed by atoms with Crippen molar-refractivity contribution in [1.29, 1.82) is 5.26 Å². The molecule has 2 heterocycles. The predicted octanol–water partition coefficient (Wildman–Crippen LogP) is 2.49. The highest BCUT2D eigenvalue weighted by Gasteiger charge is 2.27. The van der Waals surface area contributed by atoms with Crippen LogP contribution in [0, 0.1) is 18.3 Å². The van der Waals surface area contributed by atoms with E-state index in [1.165, 1.54) is 0 Å². The molecule has 1 aliphatic rings. The predicted molar refractivity (Wildman–Crippen MR) is 75.4 cm³/mol. The number of nitrogen functional groups attached to an aromatic ring is 1. The van der Waals surface area contributed by atoms with Gasteiger partial charge < -0.3 is 10.5 Å². The van der Waals surface area contributed by atoms with Crippen molar-refractivity contribution in [3.05, 3.63) is 41.1 Å². The van der Waals surface area contributed by atoms with E-state index in [4.69, 9.17) is 10.5 Å². The molecule has 5 heteroatoms. The molecule has 1 aliphatic heterocycles. The normalized spacial score (nSPS) is 18.1. The molecular formula is C15H16N4O. The molecular weight excluding hydrogens is 252 g/mol. The topological polar surface area (TPSA) is 76.9 Å². The zero-order valence-corrected chi connectivity index (χ0v) is 11.3. The Labute approximate surface area is 117 Å². The largest absolute Gasteiger partial charge is 0.382 e. The number of aryl methyl sites for hydroxylation is 1. The van der Waals surface area contributed by atoms with Gasteiger partial charge in [-0.1, -0.05) is 18.2 Å².